The summed E-state index contributed by atoms with van der Waals surface area (Å²) >= 11 is 3.34. The molecule has 1 atom stereocenters. The van der Waals surface area contributed by atoms with Crippen LogP contribution in [0.4, 0.5) is 0 Å². The first-order chi connectivity index (χ1) is 6.79. The molecule has 1 unspecified atom stereocenters. The number of hydrogen-bond acceptors (Lipinski definition) is 2. The van der Waals surface area contributed by atoms with Crippen LogP contribution in [-0.2, 0) is 4.79 Å². The monoisotopic (exact) mass is 263 g/mol. The number of carbonyl (C=O) groups excluding carboxylic acids is 1. The summed E-state index contributed by atoms with van der Waals surface area (Å²) in [4.78, 5) is 13.5. The number of likely N-dealkylation sites (tertiary alicyclic amines) is 1. The molecule has 1 saturated heterocycles. The fourth-order valence-corrected chi connectivity index (χ4v) is 2.26. The highest BCUT2D eigenvalue weighted by Crippen LogP contribution is 2.18. The molecule has 1 heterocycles. The third kappa shape index (κ3) is 3.24. The van der Waals surface area contributed by atoms with Crippen LogP contribution in [0.25, 0.3) is 0 Å². The first-order valence-electron chi connectivity index (χ1n) is 5.26. The number of aliphatic hydroxyl groups excluding tert-OH is 1. The highest BCUT2D eigenvalue weighted by atomic mass is 79.9. The Morgan fingerprint density at radius 1 is 1.50 bits per heavy atom. The van der Waals surface area contributed by atoms with Crippen molar-refractivity contribution in [3.63, 3.8) is 0 Å². The van der Waals surface area contributed by atoms with Crippen molar-refractivity contribution < 1.29 is 9.90 Å². The van der Waals surface area contributed by atoms with Crippen molar-refractivity contribution in [1.82, 2.24) is 4.90 Å². The van der Waals surface area contributed by atoms with Crippen molar-refractivity contribution in [1.29, 1.82) is 0 Å². The Bertz CT molecular complexity index is 187. The van der Waals surface area contributed by atoms with Crippen LogP contribution >= 0.6 is 15.9 Å². The van der Waals surface area contributed by atoms with Gasteiger partial charge in [-0.15, -0.1) is 0 Å². The van der Waals surface area contributed by atoms with E-state index in [1.165, 1.54) is 0 Å². The molecule has 82 valence electrons. The molecule has 0 aliphatic carbocycles. The van der Waals surface area contributed by atoms with Gasteiger partial charge in [-0.25, -0.2) is 0 Å². The first-order valence-corrected chi connectivity index (χ1v) is 6.38. The molecule has 1 fully saturated rings. The summed E-state index contributed by atoms with van der Waals surface area (Å²) in [7, 11) is 0. The number of carbonyl (C=O) groups is 1. The summed E-state index contributed by atoms with van der Waals surface area (Å²) in [6.45, 7) is 0.947. The number of halogens is 1. The van der Waals surface area contributed by atoms with Crippen LogP contribution in [0.3, 0.4) is 0 Å². The molecule has 0 saturated carbocycles. The Balaban J connectivity index is 2.28. The van der Waals surface area contributed by atoms with E-state index in [1.54, 1.807) is 0 Å². The average molecular weight is 264 g/mol. The molecular weight excluding hydrogens is 246 g/mol. The van der Waals surface area contributed by atoms with Crippen molar-refractivity contribution in [2.24, 2.45) is 0 Å². The molecule has 14 heavy (non-hydrogen) atoms. The summed E-state index contributed by atoms with van der Waals surface area (Å²) in [6, 6.07) is 0.0893. The Kier molecular flexibility index (Phi) is 5.48. The van der Waals surface area contributed by atoms with Gasteiger partial charge in [-0.1, -0.05) is 15.9 Å². The topological polar surface area (TPSA) is 40.5 Å². The van der Waals surface area contributed by atoms with E-state index >= 15 is 0 Å². The van der Waals surface area contributed by atoms with E-state index in [2.05, 4.69) is 15.9 Å². The van der Waals surface area contributed by atoms with Gasteiger partial charge < -0.3 is 10.0 Å². The fraction of sp³-hybridized carbons (Fsp3) is 0.900. The summed E-state index contributed by atoms with van der Waals surface area (Å²) in [6.07, 6.45) is 4.61. The molecule has 0 bridgehead atoms. The van der Waals surface area contributed by atoms with Gasteiger partial charge in [-0.05, 0) is 25.7 Å². The number of unbranched alkanes of at least 4 members (excludes halogenated alkanes) is 1. The number of amides is 1. The maximum absolute atomic E-state index is 11.7. The second kappa shape index (κ2) is 6.40. The van der Waals surface area contributed by atoms with Gasteiger partial charge in [0, 0.05) is 18.3 Å². The van der Waals surface area contributed by atoms with Crippen LogP contribution in [0, 0.1) is 0 Å². The molecule has 0 aromatic carbocycles. The van der Waals surface area contributed by atoms with Crippen LogP contribution < -0.4 is 0 Å². The van der Waals surface area contributed by atoms with Gasteiger partial charge in [0.1, 0.15) is 0 Å². The maximum atomic E-state index is 11.7. The molecule has 0 spiro atoms. The highest BCUT2D eigenvalue weighted by Gasteiger charge is 2.27. The molecule has 0 radical (unpaired) electrons. The summed E-state index contributed by atoms with van der Waals surface area (Å²) in [5, 5.41) is 10.0. The zero-order valence-electron chi connectivity index (χ0n) is 8.41. The van der Waals surface area contributed by atoms with Crippen LogP contribution in [0.5, 0.6) is 0 Å². The average Bonchev–Trinajstić information content (AvgIpc) is 2.65. The Morgan fingerprint density at radius 3 is 2.93 bits per heavy atom. The van der Waals surface area contributed by atoms with Crippen LogP contribution in [-0.4, -0.2) is 40.4 Å². The first kappa shape index (κ1) is 12.0. The van der Waals surface area contributed by atoms with Gasteiger partial charge in [-0.3, -0.25) is 4.79 Å². The molecule has 0 aromatic rings. The Hall–Kier alpha value is -0.0900. The maximum Gasteiger partial charge on any atom is 0.222 e. The van der Waals surface area contributed by atoms with Crippen LogP contribution in [0.15, 0.2) is 0 Å². The van der Waals surface area contributed by atoms with E-state index < -0.39 is 0 Å². The van der Waals surface area contributed by atoms with E-state index in [-0.39, 0.29) is 18.6 Å². The zero-order valence-corrected chi connectivity index (χ0v) is 10.0. The van der Waals surface area contributed by atoms with Gasteiger partial charge >= 0.3 is 0 Å². The number of aliphatic hydroxyl groups is 1. The third-order valence-electron chi connectivity index (χ3n) is 2.68. The second-order valence-electron chi connectivity index (χ2n) is 3.71. The van der Waals surface area contributed by atoms with E-state index in [4.69, 9.17) is 5.11 Å². The Labute approximate surface area is 93.6 Å². The number of hydrogen-bond donors (Lipinski definition) is 1. The van der Waals surface area contributed by atoms with E-state index in [0.29, 0.717) is 6.42 Å². The van der Waals surface area contributed by atoms with Crippen LogP contribution in [0.1, 0.15) is 32.1 Å². The van der Waals surface area contributed by atoms with Crippen LogP contribution in [0.2, 0.25) is 0 Å². The molecule has 1 amide bonds. The fourth-order valence-electron chi connectivity index (χ4n) is 1.87. The van der Waals surface area contributed by atoms with Crippen molar-refractivity contribution in [3.05, 3.63) is 0 Å². The second-order valence-corrected chi connectivity index (χ2v) is 4.50. The smallest absolute Gasteiger partial charge is 0.222 e. The predicted molar refractivity (Wildman–Crippen MR) is 59.5 cm³/mol. The number of alkyl halides is 1. The van der Waals surface area contributed by atoms with E-state index in [9.17, 15) is 4.79 Å². The quantitative estimate of drug-likeness (QED) is 0.604. The lowest BCUT2D eigenvalue weighted by atomic mass is 10.2. The number of rotatable bonds is 5. The molecule has 0 aromatic heterocycles. The summed E-state index contributed by atoms with van der Waals surface area (Å²) in [5.74, 6) is 0.211. The van der Waals surface area contributed by atoms with E-state index in [1.807, 2.05) is 4.90 Å². The molecule has 1 N–H and O–H groups in total. The van der Waals surface area contributed by atoms with E-state index in [0.717, 1.165) is 37.6 Å². The largest absolute Gasteiger partial charge is 0.394 e. The minimum absolute atomic E-state index is 0.0893. The molecule has 4 heteroatoms. The lowest BCUT2D eigenvalue weighted by Crippen LogP contribution is -2.37. The van der Waals surface area contributed by atoms with Crippen molar-refractivity contribution >= 4 is 21.8 Å². The molecule has 3 nitrogen and oxygen atoms in total. The standard InChI is InChI=1S/C10H18BrNO2/c11-6-2-1-5-10(14)12-7-3-4-9(12)8-13/h9,13H,1-8H2. The molecule has 1 rings (SSSR count). The lowest BCUT2D eigenvalue weighted by molar-refractivity contribution is -0.132. The van der Waals surface area contributed by atoms with Crippen molar-refractivity contribution in [2.45, 2.75) is 38.1 Å². The van der Waals surface area contributed by atoms with Crippen molar-refractivity contribution in [3.8, 4) is 0 Å². The van der Waals surface area contributed by atoms with Gasteiger partial charge in [0.2, 0.25) is 5.91 Å². The molecule has 1 aliphatic heterocycles. The third-order valence-corrected chi connectivity index (χ3v) is 3.24. The predicted octanol–water partition coefficient (Wildman–Crippen LogP) is 1.53. The normalized spacial score (nSPS) is 21.6. The molecule has 1 aliphatic rings. The minimum Gasteiger partial charge on any atom is -0.394 e. The van der Waals surface area contributed by atoms with Crippen molar-refractivity contribution in [2.75, 3.05) is 18.5 Å². The number of nitrogens with zero attached hydrogens (tertiary/aromatic N) is 1. The minimum atomic E-state index is 0.0893. The van der Waals surface area contributed by atoms with Gasteiger partial charge in [0.05, 0.1) is 12.6 Å². The SMILES string of the molecule is O=C(CCCCBr)N1CCCC1CO. The summed E-state index contributed by atoms with van der Waals surface area (Å²) < 4.78 is 0. The Morgan fingerprint density at radius 2 is 2.29 bits per heavy atom. The lowest BCUT2D eigenvalue weighted by Gasteiger charge is -2.22. The van der Waals surface area contributed by atoms with Gasteiger partial charge in [0.25, 0.3) is 0 Å². The highest BCUT2D eigenvalue weighted by molar-refractivity contribution is 9.09. The van der Waals surface area contributed by atoms with Gasteiger partial charge in [-0.2, -0.15) is 0 Å². The molecular formula is C10H18BrNO2. The summed E-state index contributed by atoms with van der Waals surface area (Å²) in [5.41, 5.74) is 0. The van der Waals surface area contributed by atoms with Gasteiger partial charge in [0.15, 0.2) is 0 Å². The zero-order chi connectivity index (χ0) is 10.4.